The maximum Gasteiger partial charge on any atom is 0.226 e. The van der Waals surface area contributed by atoms with Gasteiger partial charge in [0.15, 0.2) is 0 Å². The summed E-state index contributed by atoms with van der Waals surface area (Å²) in [6.07, 6.45) is 3.18. The second-order valence-corrected chi connectivity index (χ2v) is 5.46. The van der Waals surface area contributed by atoms with Gasteiger partial charge in [0.25, 0.3) is 0 Å². The van der Waals surface area contributed by atoms with E-state index in [0.717, 1.165) is 25.8 Å². The Labute approximate surface area is 92.5 Å². The predicted molar refractivity (Wildman–Crippen MR) is 60.5 cm³/mol. The van der Waals surface area contributed by atoms with Crippen molar-refractivity contribution in [1.82, 2.24) is 4.90 Å². The van der Waals surface area contributed by atoms with E-state index in [9.17, 15) is 4.79 Å². The molecule has 1 rings (SSSR count). The first kappa shape index (κ1) is 12.5. The summed E-state index contributed by atoms with van der Waals surface area (Å²) in [6.45, 7) is 7.74. The van der Waals surface area contributed by atoms with E-state index in [4.69, 9.17) is 5.11 Å². The van der Waals surface area contributed by atoms with Gasteiger partial charge < -0.3 is 10.0 Å². The minimum Gasteiger partial charge on any atom is -0.395 e. The fourth-order valence-corrected chi connectivity index (χ4v) is 2.25. The number of nitrogens with zero attached hydrogens (tertiary/aromatic N) is 1. The summed E-state index contributed by atoms with van der Waals surface area (Å²) < 4.78 is 0. The highest BCUT2D eigenvalue weighted by atomic mass is 16.3. The van der Waals surface area contributed by atoms with Crippen molar-refractivity contribution >= 4 is 5.91 Å². The number of β-amino-alcohol motifs (C(OH)–C–C–N with tert-alkyl or cyclic N) is 1. The summed E-state index contributed by atoms with van der Waals surface area (Å²) in [5.74, 6) is 0.348. The molecule has 88 valence electrons. The molecule has 0 aromatic rings. The summed E-state index contributed by atoms with van der Waals surface area (Å²) >= 11 is 0. The first-order chi connectivity index (χ1) is 6.96. The van der Waals surface area contributed by atoms with Gasteiger partial charge in [-0.2, -0.15) is 0 Å². The van der Waals surface area contributed by atoms with E-state index in [1.54, 1.807) is 0 Å². The largest absolute Gasteiger partial charge is 0.395 e. The van der Waals surface area contributed by atoms with Gasteiger partial charge in [0.05, 0.1) is 6.61 Å². The molecule has 0 radical (unpaired) electrons. The van der Waals surface area contributed by atoms with Crippen molar-refractivity contribution in [2.24, 2.45) is 11.3 Å². The molecule has 1 atom stereocenters. The van der Waals surface area contributed by atoms with Crippen LogP contribution in [0.2, 0.25) is 0 Å². The van der Waals surface area contributed by atoms with E-state index in [-0.39, 0.29) is 23.8 Å². The molecule has 1 fully saturated rings. The van der Waals surface area contributed by atoms with Crippen molar-refractivity contribution in [3.63, 3.8) is 0 Å². The van der Waals surface area contributed by atoms with E-state index >= 15 is 0 Å². The second kappa shape index (κ2) is 4.97. The average molecular weight is 213 g/mol. The summed E-state index contributed by atoms with van der Waals surface area (Å²) in [7, 11) is 0. The Kier molecular flexibility index (Phi) is 4.14. The third-order valence-corrected chi connectivity index (χ3v) is 3.20. The molecule has 0 bridgehead atoms. The summed E-state index contributed by atoms with van der Waals surface area (Å²) in [5.41, 5.74) is 0.0368. The lowest BCUT2D eigenvalue weighted by Gasteiger charge is -2.32. The topological polar surface area (TPSA) is 40.5 Å². The van der Waals surface area contributed by atoms with Gasteiger partial charge in [0.2, 0.25) is 5.91 Å². The van der Waals surface area contributed by atoms with E-state index in [1.165, 1.54) is 0 Å². The number of rotatable bonds is 2. The van der Waals surface area contributed by atoms with Crippen LogP contribution < -0.4 is 0 Å². The molecule has 1 heterocycles. The van der Waals surface area contributed by atoms with Crippen LogP contribution in [0.15, 0.2) is 0 Å². The molecular weight excluding hydrogens is 190 g/mol. The molecule has 0 aromatic carbocycles. The Balaban J connectivity index is 2.75. The quantitative estimate of drug-likeness (QED) is 0.757. The number of carbonyl (C=O) groups excluding carboxylic acids is 1. The molecular formula is C12H23NO2. The Morgan fingerprint density at radius 2 is 2.07 bits per heavy atom. The van der Waals surface area contributed by atoms with Gasteiger partial charge in [-0.3, -0.25) is 4.79 Å². The van der Waals surface area contributed by atoms with Crippen LogP contribution in [-0.4, -0.2) is 35.6 Å². The fourth-order valence-electron chi connectivity index (χ4n) is 2.25. The molecule has 1 aliphatic heterocycles. The Bertz CT molecular complexity index is 220. The van der Waals surface area contributed by atoms with Crippen LogP contribution in [-0.2, 0) is 4.79 Å². The van der Waals surface area contributed by atoms with E-state index in [2.05, 4.69) is 20.8 Å². The number of amides is 1. The van der Waals surface area contributed by atoms with E-state index in [0.29, 0.717) is 6.54 Å². The Morgan fingerprint density at radius 3 is 2.60 bits per heavy atom. The Hall–Kier alpha value is -0.570. The van der Waals surface area contributed by atoms with Crippen molar-refractivity contribution in [3.05, 3.63) is 0 Å². The van der Waals surface area contributed by atoms with Crippen LogP contribution in [0, 0.1) is 11.3 Å². The predicted octanol–water partition coefficient (Wildman–Crippen LogP) is 1.65. The molecule has 3 heteroatoms. The molecule has 1 aliphatic rings. The highest BCUT2D eigenvalue weighted by molar-refractivity contribution is 5.79. The molecule has 15 heavy (non-hydrogen) atoms. The molecule has 1 unspecified atom stereocenters. The van der Waals surface area contributed by atoms with Gasteiger partial charge in [-0.05, 0) is 18.3 Å². The number of aliphatic hydroxyl groups excluding tert-OH is 1. The lowest BCUT2D eigenvalue weighted by molar-refractivity contribution is -0.138. The van der Waals surface area contributed by atoms with Crippen molar-refractivity contribution in [2.45, 2.75) is 40.0 Å². The molecule has 3 nitrogen and oxygen atoms in total. The van der Waals surface area contributed by atoms with Crippen LogP contribution in [0.1, 0.15) is 40.0 Å². The lowest BCUT2D eigenvalue weighted by atomic mass is 9.77. The van der Waals surface area contributed by atoms with Gasteiger partial charge in [0.1, 0.15) is 0 Å². The third-order valence-electron chi connectivity index (χ3n) is 3.20. The minimum atomic E-state index is 0.0368. The van der Waals surface area contributed by atoms with Crippen LogP contribution in [0.4, 0.5) is 0 Å². The molecule has 1 N–H and O–H groups in total. The van der Waals surface area contributed by atoms with Crippen molar-refractivity contribution < 1.29 is 9.90 Å². The van der Waals surface area contributed by atoms with Crippen LogP contribution in [0.3, 0.4) is 0 Å². The zero-order valence-corrected chi connectivity index (χ0v) is 10.1. The number of aliphatic hydroxyl groups is 1. The summed E-state index contributed by atoms with van der Waals surface area (Å²) in [4.78, 5) is 14.0. The van der Waals surface area contributed by atoms with E-state index < -0.39 is 0 Å². The molecule has 0 aliphatic carbocycles. The summed E-state index contributed by atoms with van der Waals surface area (Å²) in [5, 5.41) is 8.92. The minimum absolute atomic E-state index is 0.0368. The molecule has 0 saturated carbocycles. The first-order valence-corrected chi connectivity index (χ1v) is 5.86. The van der Waals surface area contributed by atoms with Crippen LogP contribution in [0.25, 0.3) is 0 Å². The zero-order valence-electron chi connectivity index (χ0n) is 10.1. The van der Waals surface area contributed by atoms with Gasteiger partial charge in [-0.25, -0.2) is 0 Å². The standard InChI is InChI=1S/C12H23NO2/c1-12(2,3)10-6-4-5-7-13(8-9-14)11(10)15/h10,14H,4-9H2,1-3H3. The second-order valence-electron chi connectivity index (χ2n) is 5.46. The van der Waals surface area contributed by atoms with Gasteiger partial charge in [0, 0.05) is 19.0 Å². The lowest BCUT2D eigenvalue weighted by Crippen LogP contribution is -2.41. The monoisotopic (exact) mass is 213 g/mol. The van der Waals surface area contributed by atoms with Gasteiger partial charge in [-0.15, -0.1) is 0 Å². The Morgan fingerprint density at radius 1 is 1.40 bits per heavy atom. The van der Waals surface area contributed by atoms with Crippen LogP contribution >= 0.6 is 0 Å². The van der Waals surface area contributed by atoms with E-state index in [1.807, 2.05) is 4.90 Å². The average Bonchev–Trinajstić information content (AvgIpc) is 2.29. The number of hydrogen-bond donors (Lipinski definition) is 1. The normalized spacial score (nSPS) is 24.1. The van der Waals surface area contributed by atoms with Gasteiger partial charge in [-0.1, -0.05) is 27.2 Å². The first-order valence-electron chi connectivity index (χ1n) is 5.86. The highest BCUT2D eigenvalue weighted by Crippen LogP contribution is 2.33. The number of likely N-dealkylation sites (tertiary alicyclic amines) is 1. The SMILES string of the molecule is CC(C)(C)C1CCCCN(CCO)C1=O. The zero-order chi connectivity index (χ0) is 11.5. The maximum atomic E-state index is 12.2. The smallest absolute Gasteiger partial charge is 0.226 e. The van der Waals surface area contributed by atoms with Crippen molar-refractivity contribution in [2.75, 3.05) is 19.7 Å². The summed E-state index contributed by atoms with van der Waals surface area (Å²) in [6, 6.07) is 0. The van der Waals surface area contributed by atoms with Crippen molar-refractivity contribution in [3.8, 4) is 0 Å². The molecule has 1 amide bonds. The van der Waals surface area contributed by atoms with Crippen LogP contribution in [0.5, 0.6) is 0 Å². The maximum absolute atomic E-state index is 12.2. The molecule has 1 saturated heterocycles. The highest BCUT2D eigenvalue weighted by Gasteiger charge is 2.35. The molecule has 0 aromatic heterocycles. The van der Waals surface area contributed by atoms with Crippen molar-refractivity contribution in [1.29, 1.82) is 0 Å². The fraction of sp³-hybridized carbons (Fsp3) is 0.917. The third kappa shape index (κ3) is 3.20. The molecule has 0 spiro atoms. The number of carbonyl (C=O) groups is 1. The van der Waals surface area contributed by atoms with Gasteiger partial charge >= 0.3 is 0 Å². The number of hydrogen-bond acceptors (Lipinski definition) is 2.